The first-order chi connectivity index (χ1) is 8.25. The molecule has 0 aromatic carbocycles. The number of rotatable bonds is 1. The maximum atomic E-state index is 12.4. The summed E-state index contributed by atoms with van der Waals surface area (Å²) in [6.45, 7) is 1.83. The molecule has 2 heterocycles. The minimum Gasteiger partial charge on any atom is -0.374 e. The zero-order valence-corrected chi connectivity index (χ0v) is 9.85. The topological polar surface area (TPSA) is 58.6 Å². The number of morpholine rings is 1. The number of hydrogen-bond acceptors (Lipinski definition) is 3. The molecule has 2 amide bonds. The third-order valence-corrected chi connectivity index (χ3v) is 4.09. The molecule has 94 valence electrons. The summed E-state index contributed by atoms with van der Waals surface area (Å²) < 4.78 is 5.69. The molecule has 3 fully saturated rings. The maximum Gasteiger partial charge on any atom is 0.228 e. The predicted octanol–water partition coefficient (Wildman–Crippen LogP) is -0.0976. The molecule has 3 rings (SSSR count). The molecule has 3 atom stereocenters. The van der Waals surface area contributed by atoms with Crippen molar-refractivity contribution < 1.29 is 14.3 Å². The normalized spacial score (nSPS) is 36.8. The fourth-order valence-electron chi connectivity index (χ4n) is 3.21. The van der Waals surface area contributed by atoms with Gasteiger partial charge in [0.15, 0.2) is 0 Å². The van der Waals surface area contributed by atoms with Gasteiger partial charge in [-0.05, 0) is 19.3 Å². The van der Waals surface area contributed by atoms with Gasteiger partial charge in [0.2, 0.25) is 11.8 Å². The van der Waals surface area contributed by atoms with Gasteiger partial charge in [0, 0.05) is 19.5 Å². The molecule has 1 saturated carbocycles. The molecule has 0 aromatic rings. The van der Waals surface area contributed by atoms with Crippen LogP contribution in [0, 0.1) is 5.92 Å². The van der Waals surface area contributed by atoms with Crippen molar-refractivity contribution in [3.63, 3.8) is 0 Å². The van der Waals surface area contributed by atoms with Crippen LogP contribution in [0.5, 0.6) is 0 Å². The number of nitrogens with one attached hydrogen (secondary N) is 1. The Morgan fingerprint density at radius 2 is 2.29 bits per heavy atom. The summed E-state index contributed by atoms with van der Waals surface area (Å²) in [5, 5.41) is 2.73. The van der Waals surface area contributed by atoms with Crippen molar-refractivity contribution in [2.45, 2.75) is 37.8 Å². The second-order valence-electron chi connectivity index (χ2n) is 5.14. The van der Waals surface area contributed by atoms with E-state index in [-0.39, 0.29) is 29.9 Å². The number of carbonyl (C=O) groups excluding carboxylic acids is 2. The van der Waals surface area contributed by atoms with Crippen LogP contribution in [0.15, 0.2) is 0 Å². The van der Waals surface area contributed by atoms with Gasteiger partial charge in [-0.1, -0.05) is 0 Å². The van der Waals surface area contributed by atoms with Crippen LogP contribution >= 0.6 is 0 Å². The Kier molecular flexibility index (Phi) is 2.78. The van der Waals surface area contributed by atoms with Crippen molar-refractivity contribution in [2.24, 2.45) is 5.92 Å². The van der Waals surface area contributed by atoms with E-state index in [4.69, 9.17) is 4.74 Å². The fourth-order valence-corrected chi connectivity index (χ4v) is 3.21. The van der Waals surface area contributed by atoms with Gasteiger partial charge in [0.05, 0.1) is 24.7 Å². The molecule has 5 heteroatoms. The second kappa shape index (κ2) is 4.29. The largest absolute Gasteiger partial charge is 0.374 e. The second-order valence-corrected chi connectivity index (χ2v) is 5.14. The summed E-state index contributed by atoms with van der Waals surface area (Å²) in [5.41, 5.74) is 0. The van der Waals surface area contributed by atoms with Crippen molar-refractivity contribution in [2.75, 3.05) is 19.7 Å². The molecule has 0 aromatic heterocycles. The van der Waals surface area contributed by atoms with Crippen LogP contribution in [0.25, 0.3) is 0 Å². The zero-order valence-electron chi connectivity index (χ0n) is 9.85. The van der Waals surface area contributed by atoms with Gasteiger partial charge in [-0.25, -0.2) is 0 Å². The lowest BCUT2D eigenvalue weighted by molar-refractivity contribution is -0.148. The van der Waals surface area contributed by atoms with Gasteiger partial charge >= 0.3 is 0 Å². The highest BCUT2D eigenvalue weighted by Gasteiger charge is 2.41. The van der Waals surface area contributed by atoms with E-state index in [0.29, 0.717) is 26.1 Å². The summed E-state index contributed by atoms with van der Waals surface area (Å²) >= 11 is 0. The summed E-state index contributed by atoms with van der Waals surface area (Å²) in [4.78, 5) is 25.5. The van der Waals surface area contributed by atoms with Crippen LogP contribution in [0.3, 0.4) is 0 Å². The predicted molar refractivity (Wildman–Crippen MR) is 60.2 cm³/mol. The van der Waals surface area contributed by atoms with Crippen LogP contribution in [0.4, 0.5) is 0 Å². The van der Waals surface area contributed by atoms with Gasteiger partial charge in [-0.15, -0.1) is 0 Å². The minimum absolute atomic E-state index is 0.000388. The molecule has 1 aliphatic carbocycles. The molecule has 5 nitrogen and oxygen atoms in total. The van der Waals surface area contributed by atoms with Gasteiger partial charge in [-0.2, -0.15) is 0 Å². The van der Waals surface area contributed by atoms with E-state index in [1.807, 2.05) is 4.90 Å². The van der Waals surface area contributed by atoms with Crippen molar-refractivity contribution in [3.8, 4) is 0 Å². The number of nitrogens with zero attached hydrogens (tertiary/aromatic N) is 1. The molecule has 2 aliphatic heterocycles. The summed E-state index contributed by atoms with van der Waals surface area (Å²) in [6.07, 6.45) is 3.84. The van der Waals surface area contributed by atoms with Crippen LogP contribution in [-0.2, 0) is 14.3 Å². The lowest BCUT2D eigenvalue weighted by Gasteiger charge is -2.38. The van der Waals surface area contributed by atoms with Crippen molar-refractivity contribution in [1.82, 2.24) is 10.2 Å². The Hall–Kier alpha value is -1.10. The smallest absolute Gasteiger partial charge is 0.228 e. The standard InChI is InChI=1S/C12H18N2O3/c15-11-6-8(7-13-11)12(16)14-4-5-17-10-3-1-2-9(10)14/h8-10H,1-7H2,(H,13,15). The SMILES string of the molecule is O=C1CC(C(=O)N2CCOC3CCCC32)CN1. The first kappa shape index (κ1) is 11.0. The average molecular weight is 238 g/mol. The van der Waals surface area contributed by atoms with Crippen LogP contribution in [-0.4, -0.2) is 48.6 Å². The Morgan fingerprint density at radius 3 is 3.06 bits per heavy atom. The molecule has 3 unspecified atom stereocenters. The van der Waals surface area contributed by atoms with E-state index in [2.05, 4.69) is 5.32 Å². The Bertz CT molecular complexity index is 345. The zero-order chi connectivity index (χ0) is 11.8. The number of fused-ring (bicyclic) bond motifs is 1. The Balaban J connectivity index is 1.70. The van der Waals surface area contributed by atoms with Gasteiger partial charge in [0.1, 0.15) is 0 Å². The maximum absolute atomic E-state index is 12.4. The van der Waals surface area contributed by atoms with Crippen LogP contribution < -0.4 is 5.32 Å². The molecular formula is C12H18N2O3. The van der Waals surface area contributed by atoms with Gasteiger partial charge in [-0.3, -0.25) is 9.59 Å². The van der Waals surface area contributed by atoms with E-state index < -0.39 is 0 Å². The minimum atomic E-state index is -0.151. The molecule has 0 bridgehead atoms. The molecular weight excluding hydrogens is 220 g/mol. The summed E-state index contributed by atoms with van der Waals surface area (Å²) in [6, 6.07) is 0.256. The van der Waals surface area contributed by atoms with Crippen molar-refractivity contribution in [1.29, 1.82) is 0 Å². The third kappa shape index (κ3) is 1.92. The third-order valence-electron chi connectivity index (χ3n) is 4.09. The van der Waals surface area contributed by atoms with E-state index in [1.165, 1.54) is 0 Å². The Labute approximate surface area is 100 Å². The molecule has 3 aliphatic rings. The fraction of sp³-hybridized carbons (Fsp3) is 0.833. The highest BCUT2D eigenvalue weighted by atomic mass is 16.5. The van der Waals surface area contributed by atoms with Crippen molar-refractivity contribution >= 4 is 11.8 Å². The average Bonchev–Trinajstić information content (AvgIpc) is 2.95. The number of carbonyl (C=O) groups is 2. The van der Waals surface area contributed by atoms with Crippen molar-refractivity contribution in [3.05, 3.63) is 0 Å². The first-order valence-corrected chi connectivity index (χ1v) is 6.44. The summed E-state index contributed by atoms with van der Waals surface area (Å²) in [5.74, 6) is -0.00928. The highest BCUT2D eigenvalue weighted by Crippen LogP contribution is 2.31. The van der Waals surface area contributed by atoms with Crippen LogP contribution in [0.1, 0.15) is 25.7 Å². The lowest BCUT2D eigenvalue weighted by atomic mass is 10.0. The Morgan fingerprint density at radius 1 is 1.41 bits per heavy atom. The number of hydrogen-bond donors (Lipinski definition) is 1. The molecule has 17 heavy (non-hydrogen) atoms. The van der Waals surface area contributed by atoms with Gasteiger partial charge < -0.3 is 15.0 Å². The number of amides is 2. The monoisotopic (exact) mass is 238 g/mol. The summed E-state index contributed by atoms with van der Waals surface area (Å²) in [7, 11) is 0. The quantitative estimate of drug-likeness (QED) is 0.694. The molecule has 1 N–H and O–H groups in total. The van der Waals surface area contributed by atoms with E-state index in [9.17, 15) is 9.59 Å². The van der Waals surface area contributed by atoms with E-state index >= 15 is 0 Å². The van der Waals surface area contributed by atoms with Crippen LogP contribution in [0.2, 0.25) is 0 Å². The molecule has 0 spiro atoms. The first-order valence-electron chi connectivity index (χ1n) is 6.44. The number of ether oxygens (including phenoxy) is 1. The molecule has 2 saturated heterocycles. The molecule has 0 radical (unpaired) electrons. The lowest BCUT2D eigenvalue weighted by Crippen LogP contribution is -2.53. The van der Waals surface area contributed by atoms with E-state index in [0.717, 1.165) is 19.3 Å². The van der Waals surface area contributed by atoms with Gasteiger partial charge in [0.25, 0.3) is 0 Å². The van der Waals surface area contributed by atoms with E-state index in [1.54, 1.807) is 0 Å². The highest BCUT2D eigenvalue weighted by molar-refractivity contribution is 5.89.